The van der Waals surface area contributed by atoms with Gasteiger partial charge in [-0.2, -0.15) is 0 Å². The number of aliphatic hydroxyl groups excluding tert-OH is 1. The molecule has 0 aromatic heterocycles. The number of aliphatic hydroxyl groups is 1. The molecule has 0 spiro atoms. The average Bonchev–Trinajstić information content (AvgIpc) is 2.37. The molecule has 0 saturated carbocycles. The van der Waals surface area contributed by atoms with E-state index < -0.39 is 17.8 Å². The van der Waals surface area contributed by atoms with Crippen molar-refractivity contribution in [1.82, 2.24) is 4.90 Å². The molecule has 0 aliphatic carbocycles. The Morgan fingerprint density at radius 1 is 1.35 bits per heavy atom. The van der Waals surface area contributed by atoms with Crippen LogP contribution in [0, 0.1) is 0 Å². The van der Waals surface area contributed by atoms with Gasteiger partial charge in [-0.25, -0.2) is 4.79 Å². The summed E-state index contributed by atoms with van der Waals surface area (Å²) < 4.78 is 5.35. The number of benzene rings is 1. The lowest BCUT2D eigenvalue weighted by molar-refractivity contribution is 0.0145. The number of nitrogens with zero attached hydrogens (tertiary/aromatic N) is 1. The van der Waals surface area contributed by atoms with Crippen LogP contribution < -0.4 is 0 Å². The van der Waals surface area contributed by atoms with Crippen molar-refractivity contribution in [2.75, 3.05) is 12.4 Å². The summed E-state index contributed by atoms with van der Waals surface area (Å²) in [5, 5.41) is 9.67. The third-order valence-electron chi connectivity index (χ3n) is 2.48. The summed E-state index contributed by atoms with van der Waals surface area (Å²) in [6.45, 7) is 5.95. The molecule has 0 bridgehead atoms. The normalized spacial score (nSPS) is 12.8. The Labute approximate surface area is 125 Å². The highest BCUT2D eigenvalue weighted by molar-refractivity contribution is 6.18. The molecule has 0 aliphatic rings. The molecular formula is C15H22ClNO3. The van der Waals surface area contributed by atoms with Gasteiger partial charge < -0.3 is 14.7 Å². The van der Waals surface area contributed by atoms with Crippen molar-refractivity contribution in [3.63, 3.8) is 0 Å². The SMILES string of the molecule is CC(C)(C)OC(=O)N(Cc1ccccc1)CC(O)CCl. The first kappa shape index (κ1) is 16.8. The molecular weight excluding hydrogens is 278 g/mol. The molecule has 0 radical (unpaired) electrons. The van der Waals surface area contributed by atoms with E-state index in [9.17, 15) is 9.90 Å². The van der Waals surface area contributed by atoms with Crippen molar-refractivity contribution in [3.05, 3.63) is 35.9 Å². The van der Waals surface area contributed by atoms with Crippen LogP contribution in [0.15, 0.2) is 30.3 Å². The fourth-order valence-electron chi connectivity index (χ4n) is 1.64. The summed E-state index contributed by atoms with van der Waals surface area (Å²) in [6.07, 6.45) is -1.22. The van der Waals surface area contributed by atoms with Crippen LogP contribution in [0.1, 0.15) is 26.3 Å². The molecule has 1 aromatic carbocycles. The van der Waals surface area contributed by atoms with Crippen LogP contribution in [-0.4, -0.2) is 40.2 Å². The molecule has 1 N–H and O–H groups in total. The highest BCUT2D eigenvalue weighted by Crippen LogP contribution is 2.13. The first-order chi connectivity index (χ1) is 9.31. The number of rotatable bonds is 5. The van der Waals surface area contributed by atoms with Crippen molar-refractivity contribution in [2.24, 2.45) is 0 Å². The highest BCUT2D eigenvalue weighted by atomic mass is 35.5. The maximum absolute atomic E-state index is 12.2. The van der Waals surface area contributed by atoms with Crippen molar-refractivity contribution in [1.29, 1.82) is 0 Å². The predicted molar refractivity (Wildman–Crippen MR) is 79.8 cm³/mol. The fourth-order valence-corrected chi connectivity index (χ4v) is 1.73. The highest BCUT2D eigenvalue weighted by Gasteiger charge is 2.24. The van der Waals surface area contributed by atoms with Crippen LogP contribution in [0.4, 0.5) is 4.79 Å². The Morgan fingerprint density at radius 2 is 1.95 bits per heavy atom. The minimum atomic E-state index is -0.770. The molecule has 0 aliphatic heterocycles. The van der Waals surface area contributed by atoms with E-state index >= 15 is 0 Å². The van der Waals surface area contributed by atoms with E-state index in [1.807, 2.05) is 51.1 Å². The van der Waals surface area contributed by atoms with Crippen LogP contribution in [0.25, 0.3) is 0 Å². The number of ether oxygens (including phenoxy) is 1. The van der Waals surface area contributed by atoms with Gasteiger partial charge in [-0.15, -0.1) is 11.6 Å². The molecule has 0 saturated heterocycles. The van der Waals surface area contributed by atoms with Crippen LogP contribution in [0.3, 0.4) is 0 Å². The van der Waals surface area contributed by atoms with Gasteiger partial charge in [0, 0.05) is 6.54 Å². The zero-order valence-corrected chi connectivity index (χ0v) is 12.9. The first-order valence-corrected chi connectivity index (χ1v) is 7.11. The summed E-state index contributed by atoms with van der Waals surface area (Å²) in [4.78, 5) is 13.6. The number of hydrogen-bond acceptors (Lipinski definition) is 3. The van der Waals surface area contributed by atoms with Gasteiger partial charge in [0.1, 0.15) is 5.60 Å². The molecule has 1 atom stereocenters. The Kier molecular flexibility index (Phi) is 6.30. The van der Waals surface area contributed by atoms with Gasteiger partial charge in [0.25, 0.3) is 0 Å². The number of carbonyl (C=O) groups excluding carboxylic acids is 1. The van der Waals surface area contributed by atoms with Crippen LogP contribution in [0.5, 0.6) is 0 Å². The van der Waals surface area contributed by atoms with E-state index in [0.29, 0.717) is 6.54 Å². The quantitative estimate of drug-likeness (QED) is 0.850. The molecule has 4 nitrogen and oxygen atoms in total. The van der Waals surface area contributed by atoms with Gasteiger partial charge >= 0.3 is 6.09 Å². The lowest BCUT2D eigenvalue weighted by Crippen LogP contribution is -2.41. The van der Waals surface area contributed by atoms with E-state index in [1.165, 1.54) is 4.90 Å². The summed E-state index contributed by atoms with van der Waals surface area (Å²) in [5.41, 5.74) is 0.401. The van der Waals surface area contributed by atoms with E-state index in [-0.39, 0.29) is 12.4 Å². The zero-order chi connectivity index (χ0) is 15.2. The van der Waals surface area contributed by atoms with E-state index in [2.05, 4.69) is 0 Å². The standard InChI is InChI=1S/C15H22ClNO3/c1-15(2,3)20-14(19)17(11-13(18)9-16)10-12-7-5-4-6-8-12/h4-8,13,18H,9-11H2,1-3H3. The minimum absolute atomic E-state index is 0.0775. The van der Waals surface area contributed by atoms with Gasteiger partial charge in [0.15, 0.2) is 0 Å². The third kappa shape index (κ3) is 6.26. The molecule has 1 amide bonds. The Balaban J connectivity index is 2.77. The third-order valence-corrected chi connectivity index (χ3v) is 2.83. The van der Waals surface area contributed by atoms with Crippen molar-refractivity contribution >= 4 is 17.7 Å². The molecule has 1 aromatic rings. The second-order valence-electron chi connectivity index (χ2n) is 5.65. The lowest BCUT2D eigenvalue weighted by atomic mass is 10.2. The zero-order valence-electron chi connectivity index (χ0n) is 12.2. The van der Waals surface area contributed by atoms with E-state index in [0.717, 1.165) is 5.56 Å². The number of carbonyl (C=O) groups is 1. The van der Waals surface area contributed by atoms with Gasteiger partial charge in [-0.3, -0.25) is 0 Å². The molecule has 20 heavy (non-hydrogen) atoms. The number of hydrogen-bond donors (Lipinski definition) is 1. The van der Waals surface area contributed by atoms with E-state index in [4.69, 9.17) is 16.3 Å². The van der Waals surface area contributed by atoms with Gasteiger partial charge in [-0.05, 0) is 26.3 Å². The van der Waals surface area contributed by atoms with Crippen molar-refractivity contribution in [2.45, 2.75) is 39.0 Å². The maximum Gasteiger partial charge on any atom is 0.410 e. The maximum atomic E-state index is 12.2. The molecule has 0 fully saturated rings. The van der Waals surface area contributed by atoms with Crippen LogP contribution >= 0.6 is 11.6 Å². The first-order valence-electron chi connectivity index (χ1n) is 6.57. The number of alkyl halides is 1. The molecule has 5 heteroatoms. The Morgan fingerprint density at radius 3 is 2.45 bits per heavy atom. The smallest absolute Gasteiger partial charge is 0.410 e. The van der Waals surface area contributed by atoms with Gasteiger partial charge in [0.2, 0.25) is 0 Å². The van der Waals surface area contributed by atoms with Crippen molar-refractivity contribution < 1.29 is 14.6 Å². The Hall–Kier alpha value is -1.26. The van der Waals surface area contributed by atoms with E-state index in [1.54, 1.807) is 0 Å². The minimum Gasteiger partial charge on any atom is -0.444 e. The fraction of sp³-hybridized carbons (Fsp3) is 0.533. The average molecular weight is 300 g/mol. The molecule has 1 unspecified atom stereocenters. The Bertz CT molecular complexity index is 417. The molecule has 112 valence electrons. The largest absolute Gasteiger partial charge is 0.444 e. The summed E-state index contributed by atoms with van der Waals surface area (Å²) in [5.74, 6) is 0.0775. The molecule has 1 rings (SSSR count). The summed E-state index contributed by atoms with van der Waals surface area (Å²) in [6, 6.07) is 9.56. The monoisotopic (exact) mass is 299 g/mol. The van der Waals surface area contributed by atoms with Crippen LogP contribution in [0.2, 0.25) is 0 Å². The summed E-state index contributed by atoms with van der Waals surface area (Å²) in [7, 11) is 0. The molecule has 0 heterocycles. The lowest BCUT2D eigenvalue weighted by Gasteiger charge is -2.28. The number of amides is 1. The second-order valence-corrected chi connectivity index (χ2v) is 5.96. The van der Waals surface area contributed by atoms with Gasteiger partial charge in [-0.1, -0.05) is 30.3 Å². The topological polar surface area (TPSA) is 49.8 Å². The number of halogens is 1. The summed E-state index contributed by atoms with van der Waals surface area (Å²) >= 11 is 5.61. The van der Waals surface area contributed by atoms with Crippen LogP contribution in [-0.2, 0) is 11.3 Å². The second kappa shape index (κ2) is 7.50. The van der Waals surface area contributed by atoms with Crippen molar-refractivity contribution in [3.8, 4) is 0 Å². The predicted octanol–water partition coefficient (Wildman–Crippen LogP) is 3.02. The van der Waals surface area contributed by atoms with Gasteiger partial charge in [0.05, 0.1) is 18.5 Å².